The maximum atomic E-state index is 9.49. The summed E-state index contributed by atoms with van der Waals surface area (Å²) in [6, 6.07) is 0. The molecule has 1 N–H and O–H groups in total. The number of halogens is 1. The smallest absolute Gasteiger partial charge is 0.147 e. The summed E-state index contributed by atoms with van der Waals surface area (Å²) in [5.41, 5.74) is 1.59. The zero-order valence-corrected chi connectivity index (χ0v) is 8.26. The van der Waals surface area contributed by atoms with Crippen molar-refractivity contribution in [2.45, 2.75) is 33.4 Å². The zero-order chi connectivity index (χ0) is 9.30. The lowest BCUT2D eigenvalue weighted by Crippen LogP contribution is -2.10. The molecular formula is C8H13ClN2O. The molecule has 0 aromatic carbocycles. The Morgan fingerprint density at radius 2 is 2.17 bits per heavy atom. The van der Waals surface area contributed by atoms with Crippen LogP contribution >= 0.6 is 11.6 Å². The summed E-state index contributed by atoms with van der Waals surface area (Å²) in [7, 11) is 0. The van der Waals surface area contributed by atoms with Crippen molar-refractivity contribution in [1.29, 1.82) is 0 Å². The van der Waals surface area contributed by atoms with Crippen molar-refractivity contribution in [2.75, 3.05) is 0 Å². The lowest BCUT2D eigenvalue weighted by atomic mass is 10.4. The van der Waals surface area contributed by atoms with E-state index in [0.29, 0.717) is 11.4 Å². The van der Waals surface area contributed by atoms with Crippen molar-refractivity contribution < 1.29 is 5.11 Å². The van der Waals surface area contributed by atoms with Crippen LogP contribution in [-0.4, -0.2) is 14.9 Å². The molecule has 1 atom stereocenters. The van der Waals surface area contributed by atoms with Gasteiger partial charge in [-0.1, -0.05) is 18.5 Å². The maximum Gasteiger partial charge on any atom is 0.147 e. The van der Waals surface area contributed by atoms with Crippen molar-refractivity contribution in [3.05, 3.63) is 16.4 Å². The van der Waals surface area contributed by atoms with E-state index in [1.54, 1.807) is 4.68 Å². The first-order valence-electron chi connectivity index (χ1n) is 3.97. The normalized spacial score (nSPS) is 13.4. The number of hydrogen-bond donors (Lipinski definition) is 1. The van der Waals surface area contributed by atoms with Gasteiger partial charge in [0.15, 0.2) is 0 Å². The molecule has 12 heavy (non-hydrogen) atoms. The first kappa shape index (κ1) is 9.55. The maximum absolute atomic E-state index is 9.49. The van der Waals surface area contributed by atoms with E-state index in [0.717, 1.165) is 11.4 Å². The molecule has 0 aliphatic carbocycles. The quantitative estimate of drug-likeness (QED) is 0.772. The van der Waals surface area contributed by atoms with E-state index in [4.69, 9.17) is 11.6 Å². The number of nitrogens with zero attached hydrogens (tertiary/aromatic N) is 2. The lowest BCUT2D eigenvalue weighted by molar-refractivity contribution is 0.0843. The van der Waals surface area contributed by atoms with Crippen LogP contribution in [0.5, 0.6) is 0 Å². The Hall–Kier alpha value is -0.540. The fourth-order valence-corrected chi connectivity index (χ4v) is 1.23. The molecule has 0 fully saturated rings. The molecule has 1 rings (SSSR count). The highest BCUT2D eigenvalue weighted by atomic mass is 35.5. The van der Waals surface area contributed by atoms with Gasteiger partial charge in [0, 0.05) is 0 Å². The predicted octanol–water partition coefficient (Wildman–Crippen LogP) is 2.05. The average Bonchev–Trinajstić information content (AvgIpc) is 2.32. The van der Waals surface area contributed by atoms with E-state index in [1.807, 2.05) is 20.8 Å². The van der Waals surface area contributed by atoms with Gasteiger partial charge in [0.05, 0.1) is 16.4 Å². The molecule has 1 unspecified atom stereocenters. The number of hydrogen-bond acceptors (Lipinski definition) is 2. The molecule has 0 spiro atoms. The van der Waals surface area contributed by atoms with Gasteiger partial charge in [-0.05, 0) is 20.3 Å². The van der Waals surface area contributed by atoms with Gasteiger partial charge in [-0.2, -0.15) is 5.10 Å². The minimum Gasteiger partial charge on any atom is -0.372 e. The molecule has 0 saturated heterocycles. The van der Waals surface area contributed by atoms with E-state index in [-0.39, 0.29) is 0 Å². The molecule has 1 aromatic rings. The number of rotatable bonds is 2. The minimum atomic E-state index is -0.559. The first-order valence-corrected chi connectivity index (χ1v) is 4.35. The van der Waals surface area contributed by atoms with Crippen molar-refractivity contribution in [3.8, 4) is 0 Å². The van der Waals surface area contributed by atoms with Crippen molar-refractivity contribution >= 4 is 11.6 Å². The molecule has 1 aromatic heterocycles. The Morgan fingerprint density at radius 3 is 2.50 bits per heavy atom. The van der Waals surface area contributed by atoms with Crippen LogP contribution < -0.4 is 0 Å². The third kappa shape index (κ3) is 1.47. The molecule has 1 heterocycles. The molecule has 4 heteroatoms. The van der Waals surface area contributed by atoms with Crippen LogP contribution in [0.3, 0.4) is 0 Å². The van der Waals surface area contributed by atoms with E-state index < -0.39 is 6.23 Å². The van der Waals surface area contributed by atoms with Gasteiger partial charge in [-0.15, -0.1) is 0 Å². The Labute approximate surface area is 77.0 Å². The molecule has 0 aliphatic rings. The van der Waals surface area contributed by atoms with Gasteiger partial charge in [0.1, 0.15) is 6.23 Å². The summed E-state index contributed by atoms with van der Waals surface area (Å²) < 4.78 is 1.55. The fraction of sp³-hybridized carbons (Fsp3) is 0.625. The van der Waals surface area contributed by atoms with Gasteiger partial charge in [0.2, 0.25) is 0 Å². The second-order valence-corrected chi connectivity index (χ2v) is 3.20. The number of aryl methyl sites for hydroxylation is 1. The molecule has 68 valence electrons. The third-order valence-corrected chi connectivity index (χ3v) is 2.43. The predicted molar refractivity (Wildman–Crippen MR) is 48.3 cm³/mol. The van der Waals surface area contributed by atoms with Gasteiger partial charge < -0.3 is 5.11 Å². The highest BCUT2D eigenvalue weighted by Gasteiger charge is 2.13. The summed E-state index contributed by atoms with van der Waals surface area (Å²) in [5, 5.41) is 14.2. The SMILES string of the molecule is CCC(O)n1nc(C)c(Cl)c1C. The largest absolute Gasteiger partial charge is 0.372 e. The van der Waals surface area contributed by atoms with Crippen LogP contribution in [0.2, 0.25) is 5.02 Å². The highest BCUT2D eigenvalue weighted by molar-refractivity contribution is 6.31. The molecule has 0 radical (unpaired) electrons. The van der Waals surface area contributed by atoms with Crippen LogP contribution in [0, 0.1) is 13.8 Å². The van der Waals surface area contributed by atoms with E-state index in [1.165, 1.54) is 0 Å². The van der Waals surface area contributed by atoms with Crippen molar-refractivity contribution in [2.24, 2.45) is 0 Å². The van der Waals surface area contributed by atoms with Crippen LogP contribution in [0.1, 0.15) is 31.0 Å². The molecule has 0 amide bonds. The summed E-state index contributed by atoms with van der Waals surface area (Å²) in [6.45, 7) is 5.57. The van der Waals surface area contributed by atoms with Crippen molar-refractivity contribution in [1.82, 2.24) is 9.78 Å². The number of aromatic nitrogens is 2. The third-order valence-electron chi connectivity index (χ3n) is 1.88. The van der Waals surface area contributed by atoms with Gasteiger partial charge in [-0.3, -0.25) is 0 Å². The molecular weight excluding hydrogens is 176 g/mol. The summed E-state index contributed by atoms with van der Waals surface area (Å²) in [5.74, 6) is 0. The van der Waals surface area contributed by atoms with Gasteiger partial charge >= 0.3 is 0 Å². The van der Waals surface area contributed by atoms with E-state index >= 15 is 0 Å². The van der Waals surface area contributed by atoms with Crippen LogP contribution in [-0.2, 0) is 0 Å². The van der Waals surface area contributed by atoms with Gasteiger partial charge in [0.25, 0.3) is 0 Å². The molecule has 0 aliphatic heterocycles. The zero-order valence-electron chi connectivity index (χ0n) is 7.50. The highest BCUT2D eigenvalue weighted by Crippen LogP contribution is 2.22. The van der Waals surface area contributed by atoms with E-state index in [9.17, 15) is 5.11 Å². The Kier molecular flexibility index (Phi) is 2.75. The van der Waals surface area contributed by atoms with Crippen LogP contribution in [0.15, 0.2) is 0 Å². The first-order chi connectivity index (χ1) is 5.57. The van der Waals surface area contributed by atoms with Gasteiger partial charge in [-0.25, -0.2) is 4.68 Å². The Morgan fingerprint density at radius 1 is 1.58 bits per heavy atom. The second kappa shape index (κ2) is 3.46. The molecule has 0 saturated carbocycles. The minimum absolute atomic E-state index is 0.559. The summed E-state index contributed by atoms with van der Waals surface area (Å²) in [6.07, 6.45) is 0.0781. The second-order valence-electron chi connectivity index (χ2n) is 2.82. The molecule has 0 bridgehead atoms. The van der Waals surface area contributed by atoms with Crippen molar-refractivity contribution in [3.63, 3.8) is 0 Å². The topological polar surface area (TPSA) is 38.0 Å². The number of aliphatic hydroxyl groups excluding tert-OH is 1. The standard InChI is InChI=1S/C8H13ClN2O/c1-4-7(12)11-6(3)8(9)5(2)10-11/h7,12H,4H2,1-3H3. The Balaban J connectivity index is 3.08. The summed E-state index contributed by atoms with van der Waals surface area (Å²) >= 11 is 5.90. The Bertz CT molecular complexity index is 283. The average molecular weight is 189 g/mol. The van der Waals surface area contributed by atoms with Crippen LogP contribution in [0.4, 0.5) is 0 Å². The molecule has 3 nitrogen and oxygen atoms in total. The van der Waals surface area contributed by atoms with Crippen LogP contribution in [0.25, 0.3) is 0 Å². The lowest BCUT2D eigenvalue weighted by Gasteiger charge is -2.09. The summed E-state index contributed by atoms with van der Waals surface area (Å²) in [4.78, 5) is 0. The van der Waals surface area contributed by atoms with E-state index in [2.05, 4.69) is 5.10 Å². The number of aliphatic hydroxyl groups is 1. The monoisotopic (exact) mass is 188 g/mol. The fourth-order valence-electron chi connectivity index (χ4n) is 1.11.